The van der Waals surface area contributed by atoms with E-state index in [1.54, 1.807) is 35.0 Å². The van der Waals surface area contributed by atoms with Crippen molar-refractivity contribution in [3.05, 3.63) is 52.5 Å². The van der Waals surface area contributed by atoms with Gasteiger partial charge < -0.3 is 10.2 Å². The number of ketones is 1. The lowest BCUT2D eigenvalue weighted by Gasteiger charge is -2.28. The van der Waals surface area contributed by atoms with Crippen LogP contribution in [0, 0.1) is 0 Å². The van der Waals surface area contributed by atoms with E-state index in [-0.39, 0.29) is 36.4 Å². The molecule has 9 nitrogen and oxygen atoms in total. The van der Waals surface area contributed by atoms with E-state index in [1.165, 1.54) is 26.7 Å². The Labute approximate surface area is 196 Å². The molecule has 2 aromatic rings. The zero-order valence-electron chi connectivity index (χ0n) is 18.2. The Morgan fingerprint density at radius 3 is 2.79 bits per heavy atom. The van der Waals surface area contributed by atoms with Crippen molar-refractivity contribution in [3.63, 3.8) is 0 Å². The number of hydrogen-bond donors (Lipinski definition) is 1. The first-order valence-corrected chi connectivity index (χ1v) is 13.4. The summed E-state index contributed by atoms with van der Waals surface area (Å²) in [6.07, 6.45) is 3.00. The van der Waals surface area contributed by atoms with E-state index in [1.807, 2.05) is 6.92 Å². The van der Waals surface area contributed by atoms with Crippen LogP contribution >= 0.6 is 11.3 Å². The van der Waals surface area contributed by atoms with Crippen molar-refractivity contribution in [2.45, 2.75) is 50.1 Å². The van der Waals surface area contributed by atoms with Gasteiger partial charge in [0.25, 0.3) is 5.91 Å². The van der Waals surface area contributed by atoms with Crippen molar-refractivity contribution in [1.82, 2.24) is 19.5 Å². The van der Waals surface area contributed by atoms with Crippen LogP contribution in [0.1, 0.15) is 42.2 Å². The summed E-state index contributed by atoms with van der Waals surface area (Å²) < 4.78 is 27.3. The molecule has 33 heavy (non-hydrogen) atoms. The molecule has 176 valence electrons. The van der Waals surface area contributed by atoms with E-state index in [4.69, 9.17) is 0 Å². The number of pyridine rings is 1. The standard InChI is InChI=1S/C22H26N4O5S2/c1-2-5-17(24-21(28)15-8-11-32-13-15)22(29)25-10-7-18-20(25)19(27)12-26(18)33(30,31)14-16-6-3-4-9-23-16/h3-4,6,8-9,11,13,17-18,20H,2,5,7,10,12,14H2,1H3,(H,24,28). The summed E-state index contributed by atoms with van der Waals surface area (Å²) in [4.78, 5) is 44.3. The van der Waals surface area contributed by atoms with Gasteiger partial charge >= 0.3 is 0 Å². The number of Topliss-reactive ketones (excluding diaryl/α,β-unsaturated/α-hetero) is 1. The van der Waals surface area contributed by atoms with Crippen LogP contribution in [0.15, 0.2) is 41.2 Å². The highest BCUT2D eigenvalue weighted by Crippen LogP contribution is 2.33. The normalized spacial score (nSPS) is 21.7. The Hall–Kier alpha value is -2.63. The molecule has 2 saturated heterocycles. The highest BCUT2D eigenvalue weighted by Gasteiger charge is 2.54. The van der Waals surface area contributed by atoms with E-state index < -0.39 is 28.1 Å². The number of nitrogens with zero attached hydrogens (tertiary/aromatic N) is 3. The second-order valence-corrected chi connectivity index (χ2v) is 10.9. The molecule has 4 rings (SSSR count). The number of fused-ring (bicyclic) bond motifs is 1. The van der Waals surface area contributed by atoms with Crippen LogP contribution < -0.4 is 5.32 Å². The molecule has 0 aromatic carbocycles. The van der Waals surface area contributed by atoms with Gasteiger partial charge in [0.2, 0.25) is 15.9 Å². The fraction of sp³-hybridized carbons (Fsp3) is 0.455. The summed E-state index contributed by atoms with van der Waals surface area (Å²) in [6, 6.07) is 4.54. The maximum atomic E-state index is 13.4. The minimum absolute atomic E-state index is 0.256. The Kier molecular flexibility index (Phi) is 6.91. The topological polar surface area (TPSA) is 117 Å². The summed E-state index contributed by atoms with van der Waals surface area (Å²) in [5, 5.41) is 6.28. The molecular formula is C22H26N4O5S2. The SMILES string of the molecule is CCCC(NC(=O)c1ccsc1)C(=O)N1CCC2C1C(=O)CN2S(=O)(=O)Cc1ccccn1. The van der Waals surface area contributed by atoms with Crippen molar-refractivity contribution in [2.75, 3.05) is 13.1 Å². The summed E-state index contributed by atoms with van der Waals surface area (Å²) in [5.41, 5.74) is 0.885. The summed E-state index contributed by atoms with van der Waals surface area (Å²) in [5.74, 6) is -1.27. The molecule has 0 aliphatic carbocycles. The molecule has 2 amide bonds. The number of aromatic nitrogens is 1. The Balaban J connectivity index is 1.49. The summed E-state index contributed by atoms with van der Waals surface area (Å²) in [7, 11) is -3.78. The van der Waals surface area contributed by atoms with E-state index in [0.29, 0.717) is 30.5 Å². The molecule has 2 aliphatic heterocycles. The van der Waals surface area contributed by atoms with Crippen molar-refractivity contribution in [2.24, 2.45) is 0 Å². The van der Waals surface area contributed by atoms with Gasteiger partial charge in [-0.05, 0) is 36.4 Å². The van der Waals surface area contributed by atoms with Crippen LogP contribution in [0.2, 0.25) is 0 Å². The zero-order chi connectivity index (χ0) is 23.6. The number of sulfonamides is 1. The second kappa shape index (κ2) is 9.70. The molecule has 0 radical (unpaired) electrons. The van der Waals surface area contributed by atoms with Gasteiger partial charge in [-0.2, -0.15) is 15.6 Å². The van der Waals surface area contributed by atoms with Crippen molar-refractivity contribution < 1.29 is 22.8 Å². The largest absolute Gasteiger partial charge is 0.340 e. The molecule has 0 bridgehead atoms. The van der Waals surface area contributed by atoms with E-state index in [9.17, 15) is 22.8 Å². The predicted octanol–water partition coefficient (Wildman–Crippen LogP) is 1.43. The summed E-state index contributed by atoms with van der Waals surface area (Å²) >= 11 is 1.39. The first-order valence-electron chi connectivity index (χ1n) is 10.9. The molecular weight excluding hydrogens is 464 g/mol. The minimum Gasteiger partial charge on any atom is -0.340 e. The first kappa shape index (κ1) is 23.5. The third-order valence-electron chi connectivity index (χ3n) is 6.04. The molecule has 11 heteroatoms. The highest BCUT2D eigenvalue weighted by atomic mass is 32.2. The molecule has 4 heterocycles. The highest BCUT2D eigenvalue weighted by molar-refractivity contribution is 7.88. The molecule has 1 N–H and O–H groups in total. The monoisotopic (exact) mass is 490 g/mol. The maximum absolute atomic E-state index is 13.4. The number of likely N-dealkylation sites (tertiary alicyclic amines) is 1. The van der Waals surface area contributed by atoms with Crippen LogP contribution in [-0.4, -0.2) is 71.4 Å². The minimum atomic E-state index is -3.78. The third-order valence-corrected chi connectivity index (χ3v) is 8.50. The quantitative estimate of drug-likeness (QED) is 0.598. The molecule has 2 fully saturated rings. The van der Waals surface area contributed by atoms with Crippen molar-refractivity contribution in [1.29, 1.82) is 0 Å². The van der Waals surface area contributed by atoms with Gasteiger partial charge in [0.1, 0.15) is 17.8 Å². The number of nitrogens with one attached hydrogen (secondary N) is 1. The Morgan fingerprint density at radius 2 is 2.12 bits per heavy atom. The third kappa shape index (κ3) is 4.85. The van der Waals surface area contributed by atoms with E-state index in [0.717, 1.165) is 0 Å². The summed E-state index contributed by atoms with van der Waals surface area (Å²) in [6.45, 7) is 1.93. The molecule has 2 aliphatic rings. The number of carbonyl (C=O) groups is 3. The predicted molar refractivity (Wildman–Crippen MR) is 123 cm³/mol. The number of thiophene rings is 1. The molecule has 3 atom stereocenters. The van der Waals surface area contributed by atoms with Gasteiger partial charge in [-0.3, -0.25) is 19.4 Å². The maximum Gasteiger partial charge on any atom is 0.252 e. The average molecular weight is 491 g/mol. The van der Waals surface area contributed by atoms with Crippen LogP contribution in [-0.2, 0) is 25.4 Å². The van der Waals surface area contributed by atoms with Gasteiger partial charge in [-0.25, -0.2) is 8.42 Å². The van der Waals surface area contributed by atoms with Crippen LogP contribution in [0.5, 0.6) is 0 Å². The fourth-order valence-electron chi connectivity index (χ4n) is 4.52. The van der Waals surface area contributed by atoms with Gasteiger partial charge in [0, 0.05) is 18.1 Å². The lowest BCUT2D eigenvalue weighted by molar-refractivity contribution is -0.138. The van der Waals surface area contributed by atoms with Gasteiger partial charge in [0.05, 0.1) is 23.8 Å². The van der Waals surface area contributed by atoms with Crippen LogP contribution in [0.3, 0.4) is 0 Å². The number of carbonyl (C=O) groups excluding carboxylic acids is 3. The van der Waals surface area contributed by atoms with E-state index in [2.05, 4.69) is 10.3 Å². The molecule has 0 spiro atoms. The Bertz CT molecular complexity index is 1120. The number of amides is 2. The second-order valence-electron chi connectivity index (χ2n) is 8.25. The first-order chi connectivity index (χ1) is 15.8. The average Bonchev–Trinajstić information content (AvgIpc) is 3.52. The number of hydrogen-bond acceptors (Lipinski definition) is 7. The molecule has 2 aromatic heterocycles. The van der Waals surface area contributed by atoms with Gasteiger partial charge in [0.15, 0.2) is 5.78 Å². The molecule has 3 unspecified atom stereocenters. The number of rotatable bonds is 8. The van der Waals surface area contributed by atoms with Gasteiger partial charge in [-0.1, -0.05) is 19.4 Å². The lowest BCUT2D eigenvalue weighted by atomic mass is 10.1. The van der Waals surface area contributed by atoms with Gasteiger partial charge in [-0.15, -0.1) is 0 Å². The van der Waals surface area contributed by atoms with Crippen molar-refractivity contribution >= 4 is 39.0 Å². The van der Waals surface area contributed by atoms with Crippen LogP contribution in [0.25, 0.3) is 0 Å². The Morgan fingerprint density at radius 1 is 1.30 bits per heavy atom. The fourth-order valence-corrected chi connectivity index (χ4v) is 6.82. The van der Waals surface area contributed by atoms with E-state index >= 15 is 0 Å². The van der Waals surface area contributed by atoms with Crippen molar-refractivity contribution in [3.8, 4) is 0 Å². The smallest absolute Gasteiger partial charge is 0.252 e. The van der Waals surface area contributed by atoms with Crippen LogP contribution in [0.4, 0.5) is 0 Å². The lowest BCUT2D eigenvalue weighted by Crippen LogP contribution is -2.52. The zero-order valence-corrected chi connectivity index (χ0v) is 19.8. The molecule has 0 saturated carbocycles.